The summed E-state index contributed by atoms with van der Waals surface area (Å²) >= 11 is 1.57. The minimum absolute atomic E-state index is 0.0198. The van der Waals surface area contributed by atoms with Crippen LogP contribution in [0.1, 0.15) is 18.9 Å². The van der Waals surface area contributed by atoms with Gasteiger partial charge in [-0.1, -0.05) is 6.07 Å². The quantitative estimate of drug-likeness (QED) is 0.666. The third kappa shape index (κ3) is 4.87. The lowest BCUT2D eigenvalue weighted by Crippen LogP contribution is -2.49. The number of amides is 1. The number of nitrogens with one attached hydrogen (secondary N) is 1. The van der Waals surface area contributed by atoms with Crippen molar-refractivity contribution in [2.24, 2.45) is 0 Å². The lowest BCUT2D eigenvalue weighted by atomic mass is 10.2. The van der Waals surface area contributed by atoms with E-state index in [0.717, 1.165) is 31.1 Å². The smallest absolute Gasteiger partial charge is 0.257 e. The maximum absolute atomic E-state index is 13.0. The summed E-state index contributed by atoms with van der Waals surface area (Å²) in [5.41, 5.74) is 0.599. The molecule has 9 heteroatoms. The first-order chi connectivity index (χ1) is 14.1. The average molecular weight is 415 g/mol. The number of piperazine rings is 1. The van der Waals surface area contributed by atoms with Gasteiger partial charge < -0.3 is 9.73 Å². The molecule has 3 heterocycles. The Kier molecular flexibility index (Phi) is 5.98. The van der Waals surface area contributed by atoms with Crippen molar-refractivity contribution in [2.45, 2.75) is 13.0 Å². The highest BCUT2D eigenvalue weighted by molar-refractivity contribution is 7.13. The number of benzene rings is 1. The summed E-state index contributed by atoms with van der Waals surface area (Å²) in [5, 5.41) is 13.1. The standard InChI is InChI=1S/C20H22FN5O2S/c1-14(19-23-24-20(28-19)17-3-2-12-29-17)26-10-8-25(9-11-26)13-18(27)22-16-6-4-15(21)5-7-16/h2-7,12,14H,8-11,13H2,1H3,(H,22,27)/t14-/m1/s1. The molecule has 7 nitrogen and oxygen atoms in total. The molecule has 1 aliphatic rings. The summed E-state index contributed by atoms with van der Waals surface area (Å²) in [5.74, 6) is 0.737. The van der Waals surface area contributed by atoms with Crippen LogP contribution in [0.5, 0.6) is 0 Å². The molecule has 0 bridgehead atoms. The number of anilines is 1. The number of carbonyl (C=O) groups excluding carboxylic acids is 1. The Morgan fingerprint density at radius 1 is 1.21 bits per heavy atom. The van der Waals surface area contributed by atoms with E-state index in [2.05, 4.69) is 32.2 Å². The van der Waals surface area contributed by atoms with E-state index < -0.39 is 0 Å². The van der Waals surface area contributed by atoms with Crippen LogP contribution < -0.4 is 5.32 Å². The molecule has 1 aliphatic heterocycles. The molecule has 4 rings (SSSR count). The van der Waals surface area contributed by atoms with E-state index in [1.165, 1.54) is 12.1 Å². The molecule has 3 aromatic rings. The minimum Gasteiger partial charge on any atom is -0.418 e. The summed E-state index contributed by atoms with van der Waals surface area (Å²) in [4.78, 5) is 17.6. The van der Waals surface area contributed by atoms with E-state index in [-0.39, 0.29) is 17.8 Å². The van der Waals surface area contributed by atoms with E-state index in [1.54, 1.807) is 23.5 Å². The maximum Gasteiger partial charge on any atom is 0.257 e. The van der Waals surface area contributed by atoms with Gasteiger partial charge in [0.05, 0.1) is 17.5 Å². The molecule has 1 saturated heterocycles. The Morgan fingerprint density at radius 2 is 1.97 bits per heavy atom. The second-order valence-corrected chi connectivity index (χ2v) is 7.91. The molecule has 0 saturated carbocycles. The van der Waals surface area contributed by atoms with Gasteiger partial charge >= 0.3 is 0 Å². The van der Waals surface area contributed by atoms with Gasteiger partial charge in [0.15, 0.2) is 0 Å². The molecule has 29 heavy (non-hydrogen) atoms. The third-order valence-electron chi connectivity index (χ3n) is 4.98. The van der Waals surface area contributed by atoms with Gasteiger partial charge in [0, 0.05) is 31.9 Å². The van der Waals surface area contributed by atoms with Crippen LogP contribution in [0.3, 0.4) is 0 Å². The van der Waals surface area contributed by atoms with Crippen LogP contribution in [0.4, 0.5) is 10.1 Å². The maximum atomic E-state index is 13.0. The van der Waals surface area contributed by atoms with Crippen molar-refractivity contribution < 1.29 is 13.6 Å². The summed E-state index contributed by atoms with van der Waals surface area (Å²) in [6.07, 6.45) is 0. The Bertz CT molecular complexity index is 936. The highest BCUT2D eigenvalue weighted by Gasteiger charge is 2.26. The van der Waals surface area contributed by atoms with Crippen LogP contribution in [0.25, 0.3) is 10.8 Å². The minimum atomic E-state index is -0.322. The zero-order valence-electron chi connectivity index (χ0n) is 16.0. The van der Waals surface area contributed by atoms with Crippen molar-refractivity contribution in [1.82, 2.24) is 20.0 Å². The van der Waals surface area contributed by atoms with Crippen molar-refractivity contribution in [1.29, 1.82) is 0 Å². The fourth-order valence-corrected chi connectivity index (χ4v) is 3.95. The van der Waals surface area contributed by atoms with Gasteiger partial charge in [0.1, 0.15) is 5.82 Å². The molecule has 152 valence electrons. The first-order valence-corrected chi connectivity index (χ1v) is 10.4. The van der Waals surface area contributed by atoms with Crippen LogP contribution in [0.15, 0.2) is 46.2 Å². The fourth-order valence-electron chi connectivity index (χ4n) is 3.30. The Morgan fingerprint density at radius 3 is 2.66 bits per heavy atom. The molecule has 0 aliphatic carbocycles. The van der Waals surface area contributed by atoms with E-state index >= 15 is 0 Å². The highest BCUT2D eigenvalue weighted by atomic mass is 32.1. The first-order valence-electron chi connectivity index (χ1n) is 9.47. The Hall–Kier alpha value is -2.62. The lowest BCUT2D eigenvalue weighted by molar-refractivity contribution is -0.117. The molecule has 0 spiro atoms. The van der Waals surface area contributed by atoms with Crippen molar-refractivity contribution in [3.63, 3.8) is 0 Å². The van der Waals surface area contributed by atoms with Crippen molar-refractivity contribution >= 4 is 22.9 Å². The van der Waals surface area contributed by atoms with Crippen molar-refractivity contribution in [2.75, 3.05) is 38.0 Å². The van der Waals surface area contributed by atoms with Crippen LogP contribution in [0.2, 0.25) is 0 Å². The second kappa shape index (κ2) is 8.81. The molecule has 0 unspecified atom stereocenters. The molecular formula is C20H22FN5O2S. The van der Waals surface area contributed by atoms with E-state index in [1.807, 2.05) is 17.5 Å². The van der Waals surface area contributed by atoms with Gasteiger partial charge in [0.25, 0.3) is 5.89 Å². The van der Waals surface area contributed by atoms with Gasteiger partial charge in [-0.15, -0.1) is 21.5 Å². The normalized spacial score (nSPS) is 16.6. The summed E-state index contributed by atoms with van der Waals surface area (Å²) in [7, 11) is 0. The third-order valence-corrected chi connectivity index (χ3v) is 5.84. The SMILES string of the molecule is C[C@H](c1nnc(-c2cccs2)o1)N1CCN(CC(=O)Nc2ccc(F)cc2)CC1. The number of carbonyl (C=O) groups is 1. The number of hydrogen-bond donors (Lipinski definition) is 1. The number of halogens is 1. The molecule has 2 aromatic heterocycles. The van der Waals surface area contributed by atoms with Crippen LogP contribution in [-0.4, -0.2) is 58.6 Å². The highest BCUT2D eigenvalue weighted by Crippen LogP contribution is 2.27. The van der Waals surface area contributed by atoms with Gasteiger partial charge in [-0.2, -0.15) is 0 Å². The van der Waals surface area contributed by atoms with E-state index in [9.17, 15) is 9.18 Å². The van der Waals surface area contributed by atoms with Gasteiger partial charge in [-0.3, -0.25) is 14.6 Å². The molecule has 1 amide bonds. The summed E-state index contributed by atoms with van der Waals surface area (Å²) in [6, 6.07) is 9.71. The van der Waals surface area contributed by atoms with Crippen LogP contribution >= 0.6 is 11.3 Å². The lowest BCUT2D eigenvalue weighted by Gasteiger charge is -2.36. The number of thiophene rings is 1. The van der Waals surface area contributed by atoms with Gasteiger partial charge in [-0.05, 0) is 42.6 Å². The number of nitrogens with zero attached hydrogens (tertiary/aromatic N) is 4. The van der Waals surface area contributed by atoms with Crippen molar-refractivity contribution in [3.8, 4) is 10.8 Å². The van der Waals surface area contributed by atoms with Gasteiger partial charge in [0.2, 0.25) is 11.8 Å². The second-order valence-electron chi connectivity index (χ2n) is 6.97. The van der Waals surface area contributed by atoms with Crippen molar-refractivity contribution in [3.05, 3.63) is 53.5 Å². The molecular weight excluding hydrogens is 393 g/mol. The fraction of sp³-hybridized carbons (Fsp3) is 0.350. The largest absolute Gasteiger partial charge is 0.418 e. The predicted molar refractivity (Wildman–Crippen MR) is 109 cm³/mol. The Labute approximate surface area is 172 Å². The first kappa shape index (κ1) is 19.7. The molecule has 1 N–H and O–H groups in total. The molecule has 1 fully saturated rings. The molecule has 1 atom stereocenters. The van der Waals surface area contributed by atoms with Gasteiger partial charge in [-0.25, -0.2) is 4.39 Å². The average Bonchev–Trinajstić information content (AvgIpc) is 3.41. The van der Waals surface area contributed by atoms with E-state index in [4.69, 9.17) is 4.42 Å². The monoisotopic (exact) mass is 415 g/mol. The summed E-state index contributed by atoms with van der Waals surface area (Å²) in [6.45, 7) is 5.52. The predicted octanol–water partition coefficient (Wildman–Crippen LogP) is 3.25. The molecule has 0 radical (unpaired) electrons. The van der Waals surface area contributed by atoms with Crippen LogP contribution in [0, 0.1) is 5.82 Å². The van der Waals surface area contributed by atoms with E-state index in [0.29, 0.717) is 24.0 Å². The summed E-state index contributed by atoms with van der Waals surface area (Å²) < 4.78 is 18.8. The number of aromatic nitrogens is 2. The topological polar surface area (TPSA) is 74.5 Å². The van der Waals surface area contributed by atoms with Crippen LogP contribution in [-0.2, 0) is 4.79 Å². The zero-order valence-corrected chi connectivity index (χ0v) is 16.9. The zero-order chi connectivity index (χ0) is 20.2. The number of hydrogen-bond acceptors (Lipinski definition) is 7. The Balaban J connectivity index is 1.26. The molecule has 1 aromatic carbocycles. The number of rotatable bonds is 6.